The summed E-state index contributed by atoms with van der Waals surface area (Å²) in [6.07, 6.45) is 0. The van der Waals surface area contributed by atoms with Crippen molar-refractivity contribution in [3.05, 3.63) is 277 Å². The zero-order valence-electron chi connectivity index (χ0n) is 54.6. The molecule has 0 saturated carbocycles. The molecule has 11 aromatic carbocycles. The standard InChI is InChI=1S/C85H78BN5/c1-82(2,3)66-33-39-70(40-34-66)90-74-53-68(84(7,8)9)37-43-72(74)86-73-44-38-69(85(10,11)12)54-75(73)91(71-41-35-67(36-42-71)83(4,5)6)77-52-65(51-76(90)78(77)86)81-88-79(63-47-59(55-25-17-13-18-26-55)45-60(48-63)56-27-19-14-20-28-56)87-80(89-81)64-49-61(57-29-21-15-22-30-57)46-62(50-64)58-31-23-16-24-32-58/h13-54H,1-12H3. The first kappa shape index (κ1) is 58.8. The van der Waals surface area contributed by atoms with Crippen LogP contribution in [0.4, 0.5) is 34.1 Å². The topological polar surface area (TPSA) is 45.2 Å². The monoisotopic (exact) mass is 1180 g/mol. The molecule has 0 fully saturated rings. The molecule has 0 bridgehead atoms. The van der Waals surface area contributed by atoms with Gasteiger partial charge in [-0.05, 0) is 190 Å². The van der Waals surface area contributed by atoms with Crippen molar-refractivity contribution in [2.75, 3.05) is 9.80 Å². The molecule has 2 aliphatic rings. The van der Waals surface area contributed by atoms with E-state index in [1.165, 1.54) is 50.0 Å². The van der Waals surface area contributed by atoms with Crippen molar-refractivity contribution >= 4 is 57.2 Å². The molecular weight excluding hydrogens is 1100 g/mol. The summed E-state index contributed by atoms with van der Waals surface area (Å²) in [5.74, 6) is 1.73. The Labute approximate surface area is 539 Å². The number of aromatic nitrogens is 3. The quantitative estimate of drug-likeness (QED) is 0.135. The molecule has 5 nitrogen and oxygen atoms in total. The molecular formula is C85H78BN5. The first-order valence-electron chi connectivity index (χ1n) is 32.2. The highest BCUT2D eigenvalue weighted by molar-refractivity contribution is 7.00. The average molecular weight is 1180 g/mol. The van der Waals surface area contributed by atoms with Crippen molar-refractivity contribution in [3.8, 4) is 78.7 Å². The Morgan fingerprint density at radius 3 is 0.791 bits per heavy atom. The number of hydrogen-bond acceptors (Lipinski definition) is 5. The van der Waals surface area contributed by atoms with Crippen molar-refractivity contribution in [3.63, 3.8) is 0 Å². The van der Waals surface area contributed by atoms with E-state index in [2.05, 4.69) is 348 Å². The molecule has 0 saturated heterocycles. The number of hydrogen-bond donors (Lipinski definition) is 0. The minimum Gasteiger partial charge on any atom is -0.311 e. The Hall–Kier alpha value is -9.91. The third-order valence-corrected chi connectivity index (χ3v) is 18.5. The van der Waals surface area contributed by atoms with Crippen LogP contribution in [0.15, 0.2) is 255 Å². The molecule has 2 aliphatic heterocycles. The van der Waals surface area contributed by atoms with Crippen molar-refractivity contribution < 1.29 is 0 Å². The Balaban J connectivity index is 1.11. The highest BCUT2D eigenvalue weighted by atomic mass is 15.2. The fraction of sp³-hybridized carbons (Fsp3) is 0.188. The van der Waals surface area contributed by atoms with Crippen LogP contribution in [0.5, 0.6) is 0 Å². The molecule has 14 rings (SSSR count). The van der Waals surface area contributed by atoms with Gasteiger partial charge in [-0.15, -0.1) is 0 Å². The summed E-state index contributed by atoms with van der Waals surface area (Å²) in [5, 5.41) is 0. The van der Waals surface area contributed by atoms with E-state index in [0.717, 1.165) is 83.9 Å². The van der Waals surface area contributed by atoms with E-state index >= 15 is 0 Å². The summed E-state index contributed by atoms with van der Waals surface area (Å²) >= 11 is 0. The maximum Gasteiger partial charge on any atom is 0.252 e. The maximum atomic E-state index is 5.79. The van der Waals surface area contributed by atoms with Gasteiger partial charge in [0.2, 0.25) is 0 Å². The van der Waals surface area contributed by atoms with Crippen LogP contribution < -0.4 is 26.2 Å². The van der Waals surface area contributed by atoms with Crippen molar-refractivity contribution in [2.45, 2.75) is 105 Å². The normalized spacial score (nSPS) is 13.0. The highest BCUT2D eigenvalue weighted by Gasteiger charge is 2.45. The van der Waals surface area contributed by atoms with Crippen LogP contribution in [0.25, 0.3) is 78.7 Å². The van der Waals surface area contributed by atoms with Gasteiger partial charge in [0.15, 0.2) is 17.5 Å². The number of anilines is 6. The molecule has 12 aromatic rings. The average Bonchev–Trinajstić information content (AvgIpc) is 0.697. The molecule has 446 valence electrons. The van der Waals surface area contributed by atoms with E-state index in [1.54, 1.807) is 0 Å². The van der Waals surface area contributed by atoms with E-state index in [0.29, 0.717) is 17.5 Å². The van der Waals surface area contributed by atoms with Gasteiger partial charge in [0.05, 0.1) is 0 Å². The Morgan fingerprint density at radius 2 is 0.505 bits per heavy atom. The van der Waals surface area contributed by atoms with E-state index < -0.39 is 0 Å². The van der Waals surface area contributed by atoms with Crippen molar-refractivity contribution in [2.24, 2.45) is 0 Å². The fourth-order valence-electron chi connectivity index (χ4n) is 13.3. The van der Waals surface area contributed by atoms with Crippen molar-refractivity contribution in [1.29, 1.82) is 0 Å². The maximum absolute atomic E-state index is 5.79. The smallest absolute Gasteiger partial charge is 0.252 e. The minimum absolute atomic E-state index is 0.0420. The summed E-state index contributed by atoms with van der Waals surface area (Å²) in [6.45, 7) is 27.6. The van der Waals surface area contributed by atoms with Gasteiger partial charge in [0, 0.05) is 50.8 Å². The van der Waals surface area contributed by atoms with Gasteiger partial charge in [0.1, 0.15) is 0 Å². The van der Waals surface area contributed by atoms with Crippen LogP contribution in [0, 0.1) is 0 Å². The summed E-state index contributed by atoms with van der Waals surface area (Å²) in [5.41, 5.74) is 26.6. The van der Waals surface area contributed by atoms with E-state index in [4.69, 9.17) is 15.0 Å². The van der Waals surface area contributed by atoms with Gasteiger partial charge >= 0.3 is 0 Å². The number of nitrogens with zero attached hydrogens (tertiary/aromatic N) is 5. The fourth-order valence-corrected chi connectivity index (χ4v) is 13.3. The molecule has 0 spiro atoms. The van der Waals surface area contributed by atoms with E-state index in [1.807, 2.05) is 0 Å². The SMILES string of the molecule is CC(C)(C)c1ccc(N2c3cc(C(C)(C)C)ccc3B3c4ccc(C(C)(C)C)cc4N(c4ccc(C(C)(C)C)cc4)c4cc(-c5nc(-c6cc(-c7ccccc7)cc(-c7ccccc7)c6)nc(-c6cc(-c7ccccc7)cc(-c7ccccc7)c6)n5)cc2c43)cc1. The van der Waals surface area contributed by atoms with E-state index in [-0.39, 0.29) is 28.4 Å². The molecule has 0 N–H and O–H groups in total. The lowest BCUT2D eigenvalue weighted by molar-refractivity contribution is 0.590. The third-order valence-electron chi connectivity index (χ3n) is 18.5. The molecule has 0 aliphatic carbocycles. The number of fused-ring (bicyclic) bond motifs is 4. The summed E-state index contributed by atoms with van der Waals surface area (Å²) in [6, 6.07) is 94.1. The van der Waals surface area contributed by atoms with Crippen molar-refractivity contribution in [1.82, 2.24) is 15.0 Å². The molecule has 6 heteroatoms. The Bertz CT molecular complexity index is 4290. The van der Waals surface area contributed by atoms with Crippen LogP contribution >= 0.6 is 0 Å². The number of benzene rings is 11. The summed E-state index contributed by atoms with van der Waals surface area (Å²) in [4.78, 5) is 22.3. The molecule has 3 heterocycles. The first-order chi connectivity index (χ1) is 43.6. The van der Waals surface area contributed by atoms with Crippen LogP contribution in [0.1, 0.15) is 105 Å². The molecule has 0 radical (unpaired) electrons. The van der Waals surface area contributed by atoms with Gasteiger partial charge in [0.25, 0.3) is 6.71 Å². The summed E-state index contributed by atoms with van der Waals surface area (Å²) in [7, 11) is 0. The Kier molecular flexibility index (Phi) is 14.6. The minimum atomic E-state index is -0.125. The van der Waals surface area contributed by atoms with E-state index in [9.17, 15) is 0 Å². The predicted molar refractivity (Wildman–Crippen MR) is 387 cm³/mol. The molecule has 1 aromatic heterocycles. The lowest BCUT2D eigenvalue weighted by Crippen LogP contribution is -2.61. The first-order valence-corrected chi connectivity index (χ1v) is 32.2. The molecule has 0 unspecified atom stereocenters. The van der Waals surface area contributed by atoms with Crippen LogP contribution in [0.3, 0.4) is 0 Å². The second-order valence-electron chi connectivity index (χ2n) is 29.0. The molecule has 0 amide bonds. The number of rotatable bonds is 9. The van der Waals surface area contributed by atoms with Gasteiger partial charge in [-0.2, -0.15) is 0 Å². The Morgan fingerprint density at radius 1 is 0.242 bits per heavy atom. The van der Waals surface area contributed by atoms with Gasteiger partial charge < -0.3 is 9.80 Å². The van der Waals surface area contributed by atoms with Gasteiger partial charge in [-0.3, -0.25) is 0 Å². The zero-order chi connectivity index (χ0) is 63.1. The zero-order valence-corrected chi connectivity index (χ0v) is 54.6. The largest absolute Gasteiger partial charge is 0.311 e. The van der Waals surface area contributed by atoms with Crippen LogP contribution in [-0.2, 0) is 21.7 Å². The summed E-state index contributed by atoms with van der Waals surface area (Å²) < 4.78 is 0. The second kappa shape index (κ2) is 22.5. The van der Waals surface area contributed by atoms with Crippen LogP contribution in [0.2, 0.25) is 0 Å². The van der Waals surface area contributed by atoms with Gasteiger partial charge in [-0.25, -0.2) is 15.0 Å². The lowest BCUT2D eigenvalue weighted by atomic mass is 9.33. The molecule has 91 heavy (non-hydrogen) atoms. The lowest BCUT2D eigenvalue weighted by Gasteiger charge is -2.45. The third kappa shape index (κ3) is 11.3. The molecule has 0 atom stereocenters. The predicted octanol–water partition coefficient (Wildman–Crippen LogP) is 20.8. The second-order valence-corrected chi connectivity index (χ2v) is 29.0. The highest BCUT2D eigenvalue weighted by Crippen LogP contribution is 2.48. The van der Waals surface area contributed by atoms with Crippen LogP contribution in [-0.4, -0.2) is 21.7 Å². The van der Waals surface area contributed by atoms with Gasteiger partial charge in [-0.1, -0.05) is 253 Å².